The van der Waals surface area contributed by atoms with Crippen molar-refractivity contribution >= 4 is 5.91 Å². The predicted octanol–water partition coefficient (Wildman–Crippen LogP) is 1.53. The molecule has 1 aliphatic rings. The fraction of sp³-hybridized carbons (Fsp3) is 0.500. The first-order valence-corrected chi connectivity index (χ1v) is 8.54. The second kappa shape index (κ2) is 7.76. The Labute approximate surface area is 147 Å². The van der Waals surface area contributed by atoms with E-state index < -0.39 is 6.10 Å². The van der Waals surface area contributed by atoms with Crippen LogP contribution in [0.3, 0.4) is 0 Å². The van der Waals surface area contributed by atoms with Gasteiger partial charge in [-0.15, -0.1) is 0 Å². The van der Waals surface area contributed by atoms with Crippen LogP contribution in [0.15, 0.2) is 34.9 Å². The third-order valence-corrected chi connectivity index (χ3v) is 4.59. The van der Waals surface area contributed by atoms with Crippen LogP contribution in [0.1, 0.15) is 36.7 Å². The molecule has 7 heteroatoms. The van der Waals surface area contributed by atoms with Gasteiger partial charge in [0.2, 0.25) is 11.8 Å². The van der Waals surface area contributed by atoms with E-state index >= 15 is 0 Å². The topological polar surface area (TPSA) is 82.7 Å². The largest absolute Gasteiger partial charge is 0.387 e. The van der Waals surface area contributed by atoms with Crippen LogP contribution in [-0.2, 0) is 11.3 Å². The molecule has 1 aromatic carbocycles. The number of β-amino-alcohol motifs (C(OH)–C–C–N with tert-alkyl or cyclic N) is 1. The number of benzene rings is 1. The van der Waals surface area contributed by atoms with Crippen LogP contribution in [0, 0.1) is 6.92 Å². The third kappa shape index (κ3) is 4.43. The van der Waals surface area contributed by atoms with E-state index in [1.807, 2.05) is 30.3 Å². The Morgan fingerprint density at radius 1 is 1.44 bits per heavy atom. The van der Waals surface area contributed by atoms with Gasteiger partial charge in [0.05, 0.1) is 12.6 Å². The maximum Gasteiger partial charge on any atom is 0.223 e. The first-order chi connectivity index (χ1) is 12.0. The van der Waals surface area contributed by atoms with Crippen LogP contribution >= 0.6 is 0 Å². The SMILES string of the molecule is CC(=O)N(Cc1noc(C)n1)[C@@H]1CCN(C[C@@H](O)c2ccccc2)C1. The first-order valence-electron chi connectivity index (χ1n) is 8.54. The van der Waals surface area contributed by atoms with Gasteiger partial charge in [-0.25, -0.2) is 0 Å². The lowest BCUT2D eigenvalue weighted by atomic mass is 10.1. The fourth-order valence-electron chi connectivity index (χ4n) is 3.31. The lowest BCUT2D eigenvalue weighted by Crippen LogP contribution is -2.41. The van der Waals surface area contributed by atoms with E-state index in [2.05, 4.69) is 15.0 Å². The molecule has 1 aromatic heterocycles. The van der Waals surface area contributed by atoms with Gasteiger partial charge < -0.3 is 14.5 Å². The number of rotatable bonds is 6. The van der Waals surface area contributed by atoms with Crippen LogP contribution in [0.25, 0.3) is 0 Å². The number of hydrogen-bond donors (Lipinski definition) is 1. The Morgan fingerprint density at radius 2 is 2.20 bits per heavy atom. The fourth-order valence-corrected chi connectivity index (χ4v) is 3.31. The summed E-state index contributed by atoms with van der Waals surface area (Å²) >= 11 is 0. The van der Waals surface area contributed by atoms with Crippen molar-refractivity contribution in [2.75, 3.05) is 19.6 Å². The second-order valence-corrected chi connectivity index (χ2v) is 6.51. The summed E-state index contributed by atoms with van der Waals surface area (Å²) in [6.07, 6.45) is 0.350. The number of aromatic nitrogens is 2. The van der Waals surface area contributed by atoms with Gasteiger partial charge in [0.15, 0.2) is 5.82 Å². The van der Waals surface area contributed by atoms with Gasteiger partial charge in [0.25, 0.3) is 0 Å². The summed E-state index contributed by atoms with van der Waals surface area (Å²) in [4.78, 5) is 20.2. The number of amides is 1. The molecule has 2 heterocycles. The van der Waals surface area contributed by atoms with Gasteiger partial charge >= 0.3 is 0 Å². The Bertz CT molecular complexity index is 703. The second-order valence-electron chi connectivity index (χ2n) is 6.51. The normalized spacial score (nSPS) is 19.1. The highest BCUT2D eigenvalue weighted by atomic mass is 16.5. The molecule has 0 aliphatic carbocycles. The maximum atomic E-state index is 12.1. The number of likely N-dealkylation sites (tertiary alicyclic amines) is 1. The van der Waals surface area contributed by atoms with Gasteiger partial charge in [-0.2, -0.15) is 4.98 Å². The average molecular weight is 344 g/mol. The summed E-state index contributed by atoms with van der Waals surface area (Å²) in [5, 5.41) is 14.3. The Morgan fingerprint density at radius 3 is 2.84 bits per heavy atom. The van der Waals surface area contributed by atoms with E-state index in [0.717, 1.165) is 25.1 Å². The summed E-state index contributed by atoms with van der Waals surface area (Å²) in [5.74, 6) is 1.02. The smallest absolute Gasteiger partial charge is 0.223 e. The number of aliphatic hydroxyl groups is 1. The van der Waals surface area contributed by atoms with Gasteiger partial charge in [-0.3, -0.25) is 9.69 Å². The molecule has 1 aliphatic heterocycles. The number of aryl methyl sites for hydroxylation is 1. The highest BCUT2D eigenvalue weighted by Gasteiger charge is 2.31. The van der Waals surface area contributed by atoms with E-state index in [1.54, 1.807) is 18.7 Å². The average Bonchev–Trinajstić information content (AvgIpc) is 3.22. The molecule has 2 atom stereocenters. The third-order valence-electron chi connectivity index (χ3n) is 4.59. The Kier molecular flexibility index (Phi) is 5.45. The molecule has 0 radical (unpaired) electrons. The number of carbonyl (C=O) groups excluding carboxylic acids is 1. The Hall–Kier alpha value is -2.25. The van der Waals surface area contributed by atoms with Gasteiger partial charge in [0.1, 0.15) is 0 Å². The number of nitrogens with zero attached hydrogens (tertiary/aromatic N) is 4. The quantitative estimate of drug-likeness (QED) is 0.856. The minimum atomic E-state index is -0.523. The molecule has 25 heavy (non-hydrogen) atoms. The molecule has 2 aromatic rings. The maximum absolute atomic E-state index is 12.1. The Balaban J connectivity index is 1.59. The van der Waals surface area contributed by atoms with Crippen molar-refractivity contribution in [2.24, 2.45) is 0 Å². The van der Waals surface area contributed by atoms with Gasteiger partial charge in [-0.05, 0) is 12.0 Å². The van der Waals surface area contributed by atoms with Gasteiger partial charge in [-0.1, -0.05) is 35.5 Å². The molecule has 1 N–H and O–H groups in total. The highest BCUT2D eigenvalue weighted by molar-refractivity contribution is 5.73. The zero-order valence-electron chi connectivity index (χ0n) is 14.6. The molecule has 1 saturated heterocycles. The molecule has 1 fully saturated rings. The summed E-state index contributed by atoms with van der Waals surface area (Å²) in [6.45, 7) is 5.80. The zero-order valence-corrected chi connectivity index (χ0v) is 14.6. The summed E-state index contributed by atoms with van der Waals surface area (Å²) in [5.41, 5.74) is 0.914. The van der Waals surface area contributed by atoms with Crippen molar-refractivity contribution in [3.8, 4) is 0 Å². The minimum absolute atomic E-state index is 0.00193. The first kappa shape index (κ1) is 17.6. The molecule has 134 valence electrons. The number of carbonyl (C=O) groups is 1. The lowest BCUT2D eigenvalue weighted by molar-refractivity contribution is -0.131. The van der Waals surface area contributed by atoms with E-state index in [0.29, 0.717) is 24.8 Å². The van der Waals surface area contributed by atoms with Crippen LogP contribution in [0.5, 0.6) is 0 Å². The molecular weight excluding hydrogens is 320 g/mol. The van der Waals surface area contributed by atoms with Crippen LogP contribution in [-0.4, -0.2) is 56.6 Å². The van der Waals surface area contributed by atoms with E-state index in [1.165, 1.54) is 0 Å². The standard InChI is InChI=1S/C18H24N4O3/c1-13-19-18(20-25-13)12-22(14(2)23)16-8-9-21(10-16)11-17(24)15-6-4-3-5-7-15/h3-7,16-17,24H,8-12H2,1-2H3/t16-,17-/m1/s1. The molecule has 0 saturated carbocycles. The van der Waals surface area contributed by atoms with Crippen molar-refractivity contribution in [1.82, 2.24) is 19.9 Å². The van der Waals surface area contributed by atoms with Crippen molar-refractivity contribution in [1.29, 1.82) is 0 Å². The van der Waals surface area contributed by atoms with E-state index in [9.17, 15) is 9.90 Å². The molecule has 1 amide bonds. The molecule has 0 bridgehead atoms. The highest BCUT2D eigenvalue weighted by Crippen LogP contribution is 2.21. The monoisotopic (exact) mass is 344 g/mol. The lowest BCUT2D eigenvalue weighted by Gasteiger charge is -2.27. The van der Waals surface area contributed by atoms with Crippen LogP contribution in [0.2, 0.25) is 0 Å². The van der Waals surface area contributed by atoms with Crippen molar-refractivity contribution in [3.05, 3.63) is 47.6 Å². The van der Waals surface area contributed by atoms with Crippen LogP contribution in [0.4, 0.5) is 0 Å². The molecule has 0 spiro atoms. The van der Waals surface area contributed by atoms with Gasteiger partial charge in [0, 0.05) is 39.5 Å². The predicted molar refractivity (Wildman–Crippen MR) is 91.5 cm³/mol. The van der Waals surface area contributed by atoms with Crippen molar-refractivity contribution in [3.63, 3.8) is 0 Å². The number of hydrogen-bond acceptors (Lipinski definition) is 6. The molecule has 3 rings (SSSR count). The van der Waals surface area contributed by atoms with Crippen molar-refractivity contribution in [2.45, 2.75) is 39.0 Å². The minimum Gasteiger partial charge on any atom is -0.387 e. The zero-order chi connectivity index (χ0) is 17.8. The van der Waals surface area contributed by atoms with E-state index in [-0.39, 0.29) is 11.9 Å². The molecular formula is C18H24N4O3. The molecule has 0 unspecified atom stereocenters. The summed E-state index contributed by atoms with van der Waals surface area (Å²) in [6, 6.07) is 9.74. The van der Waals surface area contributed by atoms with Crippen LogP contribution < -0.4 is 0 Å². The van der Waals surface area contributed by atoms with E-state index in [4.69, 9.17) is 4.52 Å². The summed E-state index contributed by atoms with van der Waals surface area (Å²) < 4.78 is 4.99. The molecule has 7 nitrogen and oxygen atoms in total. The summed E-state index contributed by atoms with van der Waals surface area (Å²) in [7, 11) is 0. The van der Waals surface area contributed by atoms with Crippen molar-refractivity contribution < 1.29 is 14.4 Å². The number of aliphatic hydroxyl groups excluding tert-OH is 1.